The van der Waals surface area contributed by atoms with Crippen molar-refractivity contribution >= 4 is 22.2 Å². The first-order valence-corrected chi connectivity index (χ1v) is 10.6. The second-order valence-electron chi connectivity index (χ2n) is 8.04. The molecule has 0 spiro atoms. The quantitative estimate of drug-likeness (QED) is 0.463. The standard InChI is InChI=1S/C25H22N6O2/c1-15-8-7-9-18-14-21(30(25(33)22(15)18)19-10-5-4-6-11-19)16(2)27-24(32)23-17(3)28-31-20(23)12-13-26-29-31/h4-14,16H,1-3H3,(H,27,32)/t16-/m0/s1. The van der Waals surface area contributed by atoms with E-state index in [1.54, 1.807) is 17.6 Å². The van der Waals surface area contributed by atoms with Gasteiger partial charge in [0.1, 0.15) is 5.52 Å². The zero-order chi connectivity index (χ0) is 23.1. The minimum absolute atomic E-state index is 0.115. The van der Waals surface area contributed by atoms with Crippen LogP contribution in [0, 0.1) is 13.8 Å². The minimum Gasteiger partial charge on any atom is -0.344 e. The van der Waals surface area contributed by atoms with Crippen molar-refractivity contribution in [2.24, 2.45) is 0 Å². The molecular weight excluding hydrogens is 416 g/mol. The number of aromatic nitrogens is 5. The molecule has 164 valence electrons. The fraction of sp³-hybridized carbons (Fsp3) is 0.160. The second kappa shape index (κ2) is 7.98. The molecule has 33 heavy (non-hydrogen) atoms. The minimum atomic E-state index is -0.459. The first-order valence-electron chi connectivity index (χ1n) is 10.6. The lowest BCUT2D eigenvalue weighted by Crippen LogP contribution is -2.32. The molecule has 8 heteroatoms. The molecule has 2 aromatic carbocycles. The lowest BCUT2D eigenvalue weighted by atomic mass is 10.0. The molecule has 0 saturated heterocycles. The highest BCUT2D eigenvalue weighted by molar-refractivity contribution is 6.02. The Morgan fingerprint density at radius 3 is 2.61 bits per heavy atom. The Morgan fingerprint density at radius 2 is 1.82 bits per heavy atom. The van der Waals surface area contributed by atoms with Crippen molar-refractivity contribution in [1.29, 1.82) is 0 Å². The molecule has 1 amide bonds. The number of amides is 1. The van der Waals surface area contributed by atoms with Crippen LogP contribution in [0.15, 0.2) is 71.7 Å². The number of fused-ring (bicyclic) bond motifs is 2. The topological polar surface area (TPSA) is 94.2 Å². The monoisotopic (exact) mass is 438 g/mol. The van der Waals surface area contributed by atoms with Crippen molar-refractivity contribution < 1.29 is 4.79 Å². The van der Waals surface area contributed by atoms with E-state index in [1.165, 1.54) is 10.8 Å². The Bertz CT molecular complexity index is 1570. The van der Waals surface area contributed by atoms with Crippen LogP contribution < -0.4 is 10.9 Å². The third kappa shape index (κ3) is 3.45. The summed E-state index contributed by atoms with van der Waals surface area (Å²) in [5.74, 6) is -0.292. The van der Waals surface area contributed by atoms with Gasteiger partial charge in [-0.05, 0) is 61.2 Å². The second-order valence-corrected chi connectivity index (χ2v) is 8.04. The molecule has 0 fully saturated rings. The van der Waals surface area contributed by atoms with Crippen LogP contribution in [0.1, 0.15) is 40.3 Å². The molecule has 0 aliphatic rings. The number of carbonyl (C=O) groups excluding carboxylic acids is 1. The first-order chi connectivity index (χ1) is 16.0. The van der Waals surface area contributed by atoms with Gasteiger partial charge in [-0.15, -0.1) is 9.73 Å². The van der Waals surface area contributed by atoms with Crippen molar-refractivity contribution in [1.82, 2.24) is 29.9 Å². The zero-order valence-electron chi connectivity index (χ0n) is 18.5. The first kappa shape index (κ1) is 20.6. The van der Waals surface area contributed by atoms with Gasteiger partial charge in [0.25, 0.3) is 11.5 Å². The third-order valence-corrected chi connectivity index (χ3v) is 5.83. The highest BCUT2D eigenvalue weighted by Crippen LogP contribution is 2.24. The van der Waals surface area contributed by atoms with Crippen LogP contribution in [-0.4, -0.2) is 30.5 Å². The molecular formula is C25H22N6O2. The summed E-state index contributed by atoms with van der Waals surface area (Å²) in [5, 5.41) is 16.6. The highest BCUT2D eigenvalue weighted by atomic mass is 16.2. The SMILES string of the molecule is Cc1nn2nnccc2c1C(=O)N[C@@H](C)c1cc2cccc(C)c2c(=O)n1-c1ccccc1. The molecule has 1 N–H and O–H groups in total. The van der Waals surface area contributed by atoms with Gasteiger partial charge in [-0.25, -0.2) is 0 Å². The smallest absolute Gasteiger partial charge is 0.263 e. The number of nitrogens with zero attached hydrogens (tertiary/aromatic N) is 5. The van der Waals surface area contributed by atoms with Crippen LogP contribution in [0.4, 0.5) is 0 Å². The van der Waals surface area contributed by atoms with E-state index in [9.17, 15) is 9.59 Å². The number of para-hydroxylation sites is 1. The van der Waals surface area contributed by atoms with E-state index < -0.39 is 6.04 Å². The van der Waals surface area contributed by atoms with E-state index in [4.69, 9.17) is 0 Å². The highest BCUT2D eigenvalue weighted by Gasteiger charge is 2.23. The number of hydrogen-bond acceptors (Lipinski definition) is 5. The normalized spacial score (nSPS) is 12.2. The summed E-state index contributed by atoms with van der Waals surface area (Å²) < 4.78 is 3.02. The Hall–Kier alpha value is -4.33. The largest absolute Gasteiger partial charge is 0.344 e. The van der Waals surface area contributed by atoms with E-state index in [0.29, 0.717) is 27.9 Å². The Kier molecular flexibility index (Phi) is 4.97. The van der Waals surface area contributed by atoms with Crippen molar-refractivity contribution in [3.8, 4) is 5.69 Å². The predicted molar refractivity (Wildman–Crippen MR) is 126 cm³/mol. The van der Waals surface area contributed by atoms with Crippen LogP contribution in [-0.2, 0) is 0 Å². The van der Waals surface area contributed by atoms with E-state index >= 15 is 0 Å². The number of aryl methyl sites for hydroxylation is 2. The van der Waals surface area contributed by atoms with Gasteiger partial charge in [-0.3, -0.25) is 14.2 Å². The number of pyridine rings is 1. The van der Waals surface area contributed by atoms with Crippen molar-refractivity contribution in [2.45, 2.75) is 26.8 Å². The number of benzene rings is 2. The maximum Gasteiger partial charge on any atom is 0.263 e. The number of rotatable bonds is 4. The van der Waals surface area contributed by atoms with E-state index in [2.05, 4.69) is 20.7 Å². The van der Waals surface area contributed by atoms with Crippen molar-refractivity contribution in [3.05, 3.63) is 99.7 Å². The van der Waals surface area contributed by atoms with Crippen LogP contribution in [0.5, 0.6) is 0 Å². The number of hydrogen-bond donors (Lipinski definition) is 1. The van der Waals surface area contributed by atoms with Crippen molar-refractivity contribution in [2.75, 3.05) is 0 Å². The van der Waals surface area contributed by atoms with Crippen LogP contribution in [0.25, 0.3) is 22.0 Å². The summed E-state index contributed by atoms with van der Waals surface area (Å²) in [7, 11) is 0. The van der Waals surface area contributed by atoms with Gasteiger partial charge in [-0.1, -0.05) is 36.4 Å². The van der Waals surface area contributed by atoms with Gasteiger partial charge < -0.3 is 5.32 Å². The summed E-state index contributed by atoms with van der Waals surface area (Å²) >= 11 is 0. The van der Waals surface area contributed by atoms with Gasteiger partial charge in [0.05, 0.1) is 28.9 Å². The molecule has 1 atom stereocenters. The lowest BCUT2D eigenvalue weighted by molar-refractivity contribution is 0.0939. The van der Waals surface area contributed by atoms with E-state index in [1.807, 2.05) is 68.4 Å². The Labute approximate surface area is 189 Å². The molecule has 3 aromatic heterocycles. The number of carbonyl (C=O) groups is 1. The summed E-state index contributed by atoms with van der Waals surface area (Å²) in [5.41, 5.74) is 3.78. The van der Waals surface area contributed by atoms with Gasteiger partial charge in [-0.2, -0.15) is 5.10 Å². The summed E-state index contributed by atoms with van der Waals surface area (Å²) in [4.78, 5) is 26.9. The molecule has 5 rings (SSSR count). The van der Waals surface area contributed by atoms with Crippen LogP contribution >= 0.6 is 0 Å². The molecule has 0 aliphatic heterocycles. The van der Waals surface area contributed by atoms with Crippen LogP contribution in [0.3, 0.4) is 0 Å². The average molecular weight is 438 g/mol. The van der Waals surface area contributed by atoms with Crippen molar-refractivity contribution in [3.63, 3.8) is 0 Å². The molecule has 8 nitrogen and oxygen atoms in total. The maximum absolute atomic E-state index is 13.6. The lowest BCUT2D eigenvalue weighted by Gasteiger charge is -2.21. The van der Waals surface area contributed by atoms with Gasteiger partial charge in [0, 0.05) is 11.4 Å². The van der Waals surface area contributed by atoms with Crippen LogP contribution in [0.2, 0.25) is 0 Å². The molecule has 0 aliphatic carbocycles. The molecule has 0 radical (unpaired) electrons. The maximum atomic E-state index is 13.6. The van der Waals surface area contributed by atoms with E-state index in [-0.39, 0.29) is 11.5 Å². The third-order valence-electron chi connectivity index (χ3n) is 5.83. The Morgan fingerprint density at radius 1 is 1.03 bits per heavy atom. The fourth-order valence-electron chi connectivity index (χ4n) is 4.27. The summed E-state index contributed by atoms with van der Waals surface area (Å²) in [6.07, 6.45) is 1.52. The Balaban J connectivity index is 1.64. The number of nitrogens with one attached hydrogen (secondary N) is 1. The molecule has 0 unspecified atom stereocenters. The predicted octanol–water partition coefficient (Wildman–Crippen LogP) is 3.54. The van der Waals surface area contributed by atoms with Gasteiger partial charge in [0.2, 0.25) is 0 Å². The molecule has 3 heterocycles. The van der Waals surface area contributed by atoms with Gasteiger partial charge in [0.15, 0.2) is 0 Å². The molecule has 5 aromatic rings. The summed E-state index contributed by atoms with van der Waals surface area (Å²) in [6, 6.07) is 18.4. The molecule has 0 bridgehead atoms. The van der Waals surface area contributed by atoms with E-state index in [0.717, 1.165) is 16.6 Å². The fourth-order valence-corrected chi connectivity index (χ4v) is 4.27. The van der Waals surface area contributed by atoms with Gasteiger partial charge >= 0.3 is 0 Å². The summed E-state index contributed by atoms with van der Waals surface area (Å²) in [6.45, 7) is 5.56. The molecule has 0 saturated carbocycles. The average Bonchev–Trinajstić information content (AvgIpc) is 3.15. The zero-order valence-corrected chi connectivity index (χ0v) is 18.5.